The third-order valence-electron chi connectivity index (χ3n) is 5.01. The fourth-order valence-corrected chi connectivity index (χ4v) is 3.79. The van der Waals surface area contributed by atoms with Crippen LogP contribution in [0.25, 0.3) is 0 Å². The van der Waals surface area contributed by atoms with Crippen LogP contribution >= 0.6 is 0 Å². The minimum Gasteiger partial charge on any atom is -0.481 e. The molecule has 0 bridgehead atoms. The van der Waals surface area contributed by atoms with E-state index in [1.807, 2.05) is 18.3 Å². The van der Waals surface area contributed by atoms with Crippen LogP contribution in [0.3, 0.4) is 0 Å². The largest absolute Gasteiger partial charge is 0.481 e. The number of pyridine rings is 1. The molecule has 0 atom stereocenters. The number of aromatic nitrogens is 1. The first kappa shape index (κ1) is 14.4. The van der Waals surface area contributed by atoms with Crippen LogP contribution in [0.15, 0.2) is 18.3 Å². The van der Waals surface area contributed by atoms with Crippen molar-refractivity contribution in [2.45, 2.75) is 50.4 Å². The van der Waals surface area contributed by atoms with Crippen molar-refractivity contribution in [3.8, 4) is 5.88 Å². The quantitative estimate of drug-likeness (QED) is 0.859. The number of ether oxygens (including phenoxy) is 1. The number of nitrogens with zero attached hydrogens (tertiary/aromatic N) is 2. The average Bonchev–Trinajstić information content (AvgIpc) is 3.09. The Morgan fingerprint density at radius 1 is 1.14 bits per heavy atom. The normalized spacial score (nSPS) is 21.3. The Morgan fingerprint density at radius 2 is 1.86 bits per heavy atom. The first-order valence-electron chi connectivity index (χ1n) is 8.06. The molecule has 0 unspecified atom stereocenters. The van der Waals surface area contributed by atoms with E-state index in [2.05, 4.69) is 9.88 Å². The fourth-order valence-electron chi connectivity index (χ4n) is 3.79. The van der Waals surface area contributed by atoms with E-state index < -0.39 is 0 Å². The molecule has 4 heteroatoms. The molecular weight excluding hydrogens is 264 g/mol. The Hall–Kier alpha value is -1.58. The van der Waals surface area contributed by atoms with Crippen molar-refractivity contribution < 1.29 is 9.53 Å². The number of rotatable bonds is 3. The molecule has 1 saturated heterocycles. The first-order chi connectivity index (χ1) is 10.3. The molecule has 1 aromatic heterocycles. The maximum atomic E-state index is 13.1. The minimum atomic E-state index is -0.345. The van der Waals surface area contributed by atoms with E-state index in [4.69, 9.17) is 4.74 Å². The van der Waals surface area contributed by atoms with E-state index in [9.17, 15) is 4.79 Å². The van der Waals surface area contributed by atoms with Gasteiger partial charge in [-0.2, -0.15) is 0 Å². The summed E-state index contributed by atoms with van der Waals surface area (Å²) in [6.07, 6.45) is 9.53. The van der Waals surface area contributed by atoms with Crippen molar-refractivity contribution in [1.29, 1.82) is 0 Å². The first-order valence-corrected chi connectivity index (χ1v) is 8.06. The molecule has 4 nitrogen and oxygen atoms in total. The zero-order chi connectivity index (χ0) is 14.7. The second kappa shape index (κ2) is 6.04. The molecule has 21 heavy (non-hydrogen) atoms. The predicted octanol–water partition coefficient (Wildman–Crippen LogP) is 2.91. The van der Waals surface area contributed by atoms with E-state index in [0.29, 0.717) is 11.8 Å². The van der Waals surface area contributed by atoms with Crippen LogP contribution in [-0.4, -0.2) is 36.0 Å². The smallest absolute Gasteiger partial charge is 0.233 e. The van der Waals surface area contributed by atoms with Crippen LogP contribution in [0.5, 0.6) is 5.88 Å². The van der Waals surface area contributed by atoms with Crippen molar-refractivity contribution in [2.24, 2.45) is 0 Å². The SMILES string of the molecule is COc1ccc(C2(C(=O)N3CCCC3)CCCCC2)cn1. The van der Waals surface area contributed by atoms with Crippen LogP contribution in [-0.2, 0) is 10.2 Å². The molecule has 0 spiro atoms. The van der Waals surface area contributed by atoms with Crippen molar-refractivity contribution in [2.75, 3.05) is 20.2 Å². The molecule has 3 rings (SSSR count). The maximum Gasteiger partial charge on any atom is 0.233 e. The number of carbonyl (C=O) groups excluding carboxylic acids is 1. The summed E-state index contributed by atoms with van der Waals surface area (Å²) >= 11 is 0. The van der Waals surface area contributed by atoms with Crippen LogP contribution < -0.4 is 4.74 Å². The Morgan fingerprint density at radius 3 is 2.43 bits per heavy atom. The summed E-state index contributed by atoms with van der Waals surface area (Å²) in [6.45, 7) is 1.84. The molecule has 0 aromatic carbocycles. The van der Waals surface area contributed by atoms with Crippen LogP contribution in [0.4, 0.5) is 0 Å². The molecular formula is C17H24N2O2. The van der Waals surface area contributed by atoms with Crippen LogP contribution in [0.1, 0.15) is 50.5 Å². The Bertz CT molecular complexity index is 486. The molecule has 1 saturated carbocycles. The maximum absolute atomic E-state index is 13.1. The number of methoxy groups -OCH3 is 1. The predicted molar refractivity (Wildman–Crippen MR) is 81.4 cm³/mol. The molecule has 114 valence electrons. The van der Waals surface area contributed by atoms with E-state index in [0.717, 1.165) is 57.2 Å². The second-order valence-electron chi connectivity index (χ2n) is 6.23. The van der Waals surface area contributed by atoms with E-state index >= 15 is 0 Å². The molecule has 2 heterocycles. The van der Waals surface area contributed by atoms with E-state index in [-0.39, 0.29) is 5.41 Å². The molecule has 1 amide bonds. The Kier molecular flexibility index (Phi) is 4.13. The summed E-state index contributed by atoms with van der Waals surface area (Å²) in [6, 6.07) is 3.91. The lowest BCUT2D eigenvalue weighted by Gasteiger charge is -2.39. The van der Waals surface area contributed by atoms with Crippen molar-refractivity contribution >= 4 is 5.91 Å². The van der Waals surface area contributed by atoms with E-state index in [1.165, 1.54) is 6.42 Å². The highest BCUT2D eigenvalue weighted by atomic mass is 16.5. The zero-order valence-electron chi connectivity index (χ0n) is 12.8. The van der Waals surface area contributed by atoms with Gasteiger partial charge in [0, 0.05) is 25.4 Å². The van der Waals surface area contributed by atoms with Gasteiger partial charge < -0.3 is 9.64 Å². The van der Waals surface area contributed by atoms with Crippen molar-refractivity contribution in [1.82, 2.24) is 9.88 Å². The summed E-state index contributed by atoms with van der Waals surface area (Å²) in [4.78, 5) is 19.5. The number of hydrogen-bond donors (Lipinski definition) is 0. The van der Waals surface area contributed by atoms with Gasteiger partial charge in [0.2, 0.25) is 11.8 Å². The highest BCUT2D eigenvalue weighted by Gasteiger charge is 2.44. The van der Waals surface area contributed by atoms with Gasteiger partial charge in [0.15, 0.2) is 0 Å². The lowest BCUT2D eigenvalue weighted by molar-refractivity contribution is -0.137. The van der Waals surface area contributed by atoms with Crippen LogP contribution in [0, 0.1) is 0 Å². The monoisotopic (exact) mass is 288 g/mol. The van der Waals surface area contributed by atoms with Gasteiger partial charge in [0.05, 0.1) is 12.5 Å². The van der Waals surface area contributed by atoms with Gasteiger partial charge in [-0.1, -0.05) is 25.3 Å². The Balaban J connectivity index is 1.93. The summed E-state index contributed by atoms with van der Waals surface area (Å²) in [5, 5.41) is 0. The molecule has 1 aliphatic carbocycles. The van der Waals surface area contributed by atoms with Gasteiger partial charge in [0.1, 0.15) is 0 Å². The molecule has 0 N–H and O–H groups in total. The molecule has 2 aliphatic rings. The number of likely N-dealkylation sites (tertiary alicyclic amines) is 1. The lowest BCUT2D eigenvalue weighted by Crippen LogP contribution is -2.47. The molecule has 2 fully saturated rings. The van der Waals surface area contributed by atoms with Crippen molar-refractivity contribution in [3.63, 3.8) is 0 Å². The standard InChI is InChI=1S/C17H24N2O2/c1-21-15-8-7-14(13-18-15)17(9-3-2-4-10-17)16(20)19-11-5-6-12-19/h7-8,13H,2-6,9-12H2,1H3. The molecule has 1 aliphatic heterocycles. The topological polar surface area (TPSA) is 42.4 Å². The number of amides is 1. The summed E-state index contributed by atoms with van der Waals surface area (Å²) < 4.78 is 5.14. The molecule has 0 radical (unpaired) electrons. The highest BCUT2D eigenvalue weighted by molar-refractivity contribution is 5.88. The van der Waals surface area contributed by atoms with E-state index in [1.54, 1.807) is 7.11 Å². The fraction of sp³-hybridized carbons (Fsp3) is 0.647. The average molecular weight is 288 g/mol. The Labute approximate surface area is 126 Å². The molecule has 1 aromatic rings. The second-order valence-corrected chi connectivity index (χ2v) is 6.23. The summed E-state index contributed by atoms with van der Waals surface area (Å²) in [5.41, 5.74) is 0.724. The van der Waals surface area contributed by atoms with Gasteiger partial charge in [0.25, 0.3) is 0 Å². The van der Waals surface area contributed by atoms with Crippen LogP contribution in [0.2, 0.25) is 0 Å². The number of carbonyl (C=O) groups is 1. The third kappa shape index (κ3) is 2.63. The summed E-state index contributed by atoms with van der Waals surface area (Å²) in [5.74, 6) is 0.935. The third-order valence-corrected chi connectivity index (χ3v) is 5.01. The van der Waals surface area contributed by atoms with Gasteiger partial charge in [-0.05, 0) is 31.2 Å². The van der Waals surface area contributed by atoms with Gasteiger partial charge in [-0.25, -0.2) is 4.98 Å². The number of hydrogen-bond acceptors (Lipinski definition) is 3. The zero-order valence-corrected chi connectivity index (χ0v) is 12.8. The van der Waals surface area contributed by atoms with Crippen molar-refractivity contribution in [3.05, 3.63) is 23.9 Å². The highest BCUT2D eigenvalue weighted by Crippen LogP contribution is 2.41. The lowest BCUT2D eigenvalue weighted by atomic mass is 9.69. The van der Waals surface area contributed by atoms with Gasteiger partial charge in [-0.15, -0.1) is 0 Å². The minimum absolute atomic E-state index is 0.326. The summed E-state index contributed by atoms with van der Waals surface area (Å²) in [7, 11) is 1.62. The van der Waals surface area contributed by atoms with Gasteiger partial charge in [-0.3, -0.25) is 4.79 Å². The van der Waals surface area contributed by atoms with Gasteiger partial charge >= 0.3 is 0 Å².